The minimum Gasteiger partial charge on any atom is -0.352 e. The Morgan fingerprint density at radius 3 is 2.36 bits per heavy atom. The van der Waals surface area contributed by atoms with Crippen molar-refractivity contribution in [1.29, 1.82) is 0 Å². The van der Waals surface area contributed by atoms with Crippen molar-refractivity contribution < 1.29 is 22.4 Å². The van der Waals surface area contributed by atoms with Crippen LogP contribution in [-0.4, -0.2) is 61.7 Å². The van der Waals surface area contributed by atoms with Gasteiger partial charge in [-0.25, -0.2) is 9.37 Å². The van der Waals surface area contributed by atoms with Crippen molar-refractivity contribution in [1.82, 2.24) is 29.6 Å². The van der Waals surface area contributed by atoms with Crippen LogP contribution in [0.3, 0.4) is 0 Å². The van der Waals surface area contributed by atoms with E-state index in [-0.39, 0.29) is 11.6 Å². The Balaban J connectivity index is 1.42. The van der Waals surface area contributed by atoms with Gasteiger partial charge in [0.2, 0.25) is 0 Å². The van der Waals surface area contributed by atoms with Crippen LogP contribution in [0.5, 0.6) is 0 Å². The first kappa shape index (κ1) is 26.5. The van der Waals surface area contributed by atoms with Crippen LogP contribution in [0.1, 0.15) is 21.7 Å². The van der Waals surface area contributed by atoms with Gasteiger partial charge < -0.3 is 9.80 Å². The van der Waals surface area contributed by atoms with Crippen molar-refractivity contribution >= 4 is 23.3 Å². The molecule has 0 radical (unpaired) electrons. The van der Waals surface area contributed by atoms with Gasteiger partial charge >= 0.3 is 6.18 Å². The number of piperazine rings is 1. The summed E-state index contributed by atoms with van der Waals surface area (Å²) in [7, 11) is 1.60. The average molecular weight is 560 g/mol. The van der Waals surface area contributed by atoms with E-state index in [1.807, 2.05) is 4.90 Å². The standard InChI is InChI=1S/C26H22ClF4N7O/c1-36-21(12-18(13-28)35-36)25(39)38-10-8-37(9-11-38)22-15-33-23(16-2-4-17(5-3-16)26(29,30)31)24(34-22)19-6-7-32-14-20(19)27/h2-7,12,14-15H,8-11,13H2,1H3. The summed E-state index contributed by atoms with van der Waals surface area (Å²) in [6.07, 6.45) is 0.0982. The van der Waals surface area contributed by atoms with E-state index in [2.05, 4.69) is 15.1 Å². The van der Waals surface area contributed by atoms with Crippen LogP contribution >= 0.6 is 11.6 Å². The molecule has 4 aromatic rings. The highest BCUT2D eigenvalue weighted by Crippen LogP contribution is 2.36. The van der Waals surface area contributed by atoms with Crippen LogP contribution in [0.4, 0.5) is 23.4 Å². The molecule has 5 rings (SSSR count). The third-order valence-electron chi connectivity index (χ3n) is 6.45. The van der Waals surface area contributed by atoms with Gasteiger partial charge in [0.15, 0.2) is 0 Å². The van der Waals surface area contributed by atoms with Gasteiger partial charge in [0.25, 0.3) is 5.91 Å². The van der Waals surface area contributed by atoms with Gasteiger partial charge in [0.05, 0.1) is 28.2 Å². The Morgan fingerprint density at radius 2 is 1.74 bits per heavy atom. The molecular weight excluding hydrogens is 538 g/mol. The Morgan fingerprint density at radius 1 is 1.03 bits per heavy atom. The maximum Gasteiger partial charge on any atom is 0.416 e. The van der Waals surface area contributed by atoms with E-state index in [0.717, 1.165) is 12.1 Å². The monoisotopic (exact) mass is 559 g/mol. The number of carbonyl (C=O) groups is 1. The van der Waals surface area contributed by atoms with Gasteiger partial charge in [-0.15, -0.1) is 0 Å². The lowest BCUT2D eigenvalue weighted by atomic mass is 10.0. The van der Waals surface area contributed by atoms with E-state index in [1.54, 1.807) is 30.4 Å². The summed E-state index contributed by atoms with van der Waals surface area (Å²) >= 11 is 6.41. The van der Waals surface area contributed by atoms with Crippen molar-refractivity contribution in [3.63, 3.8) is 0 Å². The predicted molar refractivity (Wildman–Crippen MR) is 137 cm³/mol. The molecule has 0 bridgehead atoms. The quantitative estimate of drug-likeness (QED) is 0.319. The molecule has 0 saturated carbocycles. The van der Waals surface area contributed by atoms with Crippen molar-refractivity contribution in [3.05, 3.63) is 77.0 Å². The first-order valence-electron chi connectivity index (χ1n) is 11.9. The highest BCUT2D eigenvalue weighted by Gasteiger charge is 2.30. The van der Waals surface area contributed by atoms with Gasteiger partial charge in [-0.05, 0) is 24.3 Å². The van der Waals surface area contributed by atoms with Gasteiger partial charge in [0.1, 0.15) is 23.9 Å². The van der Waals surface area contributed by atoms with Gasteiger partial charge in [-0.3, -0.25) is 19.4 Å². The molecule has 202 valence electrons. The molecule has 4 heterocycles. The molecule has 39 heavy (non-hydrogen) atoms. The topological polar surface area (TPSA) is 80.0 Å². The number of pyridine rings is 1. The number of anilines is 1. The molecule has 0 spiro atoms. The fourth-order valence-electron chi connectivity index (χ4n) is 4.41. The van der Waals surface area contributed by atoms with Crippen LogP contribution < -0.4 is 4.90 Å². The number of hydrogen-bond acceptors (Lipinski definition) is 6. The number of amides is 1. The second-order valence-electron chi connectivity index (χ2n) is 8.91. The summed E-state index contributed by atoms with van der Waals surface area (Å²) < 4.78 is 53.6. The minimum atomic E-state index is -4.46. The predicted octanol–water partition coefficient (Wildman–Crippen LogP) is 5.04. The van der Waals surface area contributed by atoms with Crippen LogP contribution in [-0.2, 0) is 19.9 Å². The molecule has 8 nitrogen and oxygen atoms in total. The molecule has 1 saturated heterocycles. The zero-order valence-corrected chi connectivity index (χ0v) is 21.4. The number of aromatic nitrogens is 5. The molecular formula is C26H22ClF4N7O. The minimum absolute atomic E-state index is 0.199. The Hall–Kier alpha value is -4.06. The Labute approximate surface area is 225 Å². The number of nitrogens with zero attached hydrogens (tertiary/aromatic N) is 7. The average Bonchev–Trinajstić information content (AvgIpc) is 3.33. The van der Waals surface area contributed by atoms with E-state index >= 15 is 0 Å². The molecule has 1 amide bonds. The number of halogens is 5. The lowest BCUT2D eigenvalue weighted by Crippen LogP contribution is -2.49. The van der Waals surface area contributed by atoms with E-state index in [4.69, 9.17) is 16.6 Å². The smallest absolute Gasteiger partial charge is 0.352 e. The Kier molecular flexibility index (Phi) is 7.21. The van der Waals surface area contributed by atoms with Crippen LogP contribution in [0.15, 0.2) is 55.0 Å². The van der Waals surface area contributed by atoms with E-state index < -0.39 is 18.4 Å². The van der Waals surface area contributed by atoms with E-state index in [0.29, 0.717) is 65.2 Å². The number of hydrogen-bond donors (Lipinski definition) is 0. The second-order valence-corrected chi connectivity index (χ2v) is 9.32. The van der Waals surface area contributed by atoms with E-state index in [9.17, 15) is 22.4 Å². The molecule has 1 aliphatic heterocycles. The number of rotatable bonds is 5. The fraction of sp³-hybridized carbons (Fsp3) is 0.269. The molecule has 0 N–H and O–H groups in total. The van der Waals surface area contributed by atoms with E-state index in [1.165, 1.54) is 29.1 Å². The number of aryl methyl sites for hydroxylation is 1. The zero-order chi connectivity index (χ0) is 27.7. The molecule has 3 aromatic heterocycles. The molecule has 0 aliphatic carbocycles. The Bertz CT molecular complexity index is 1500. The van der Waals surface area contributed by atoms with Gasteiger partial charge in [-0.1, -0.05) is 23.7 Å². The molecule has 1 aromatic carbocycles. The third kappa shape index (κ3) is 5.42. The summed E-state index contributed by atoms with van der Waals surface area (Å²) in [6, 6.07) is 7.81. The SMILES string of the molecule is Cn1nc(CF)cc1C(=O)N1CCN(c2cnc(-c3ccc(C(F)(F)F)cc3)c(-c3ccncc3Cl)n2)CC1. The largest absolute Gasteiger partial charge is 0.416 e. The van der Waals surface area contributed by atoms with Crippen molar-refractivity contribution in [2.75, 3.05) is 31.1 Å². The van der Waals surface area contributed by atoms with Crippen molar-refractivity contribution in [2.24, 2.45) is 7.05 Å². The second kappa shape index (κ2) is 10.6. The van der Waals surface area contributed by atoms with Crippen molar-refractivity contribution in [2.45, 2.75) is 12.9 Å². The molecule has 1 aliphatic rings. The highest BCUT2D eigenvalue weighted by molar-refractivity contribution is 6.33. The van der Waals surface area contributed by atoms with Crippen molar-refractivity contribution in [3.8, 4) is 22.5 Å². The molecule has 1 fully saturated rings. The molecule has 13 heteroatoms. The number of alkyl halides is 4. The summed E-state index contributed by atoms with van der Waals surface area (Å²) in [5.74, 6) is 0.290. The van der Waals surface area contributed by atoms with Crippen LogP contribution in [0, 0.1) is 0 Å². The number of benzene rings is 1. The summed E-state index contributed by atoms with van der Waals surface area (Å²) in [5.41, 5.74) is 1.49. The van der Waals surface area contributed by atoms with Gasteiger partial charge in [0, 0.05) is 56.7 Å². The van der Waals surface area contributed by atoms with Crippen LogP contribution in [0.25, 0.3) is 22.5 Å². The lowest BCUT2D eigenvalue weighted by Gasteiger charge is -2.35. The highest BCUT2D eigenvalue weighted by atomic mass is 35.5. The molecule has 0 atom stereocenters. The third-order valence-corrected chi connectivity index (χ3v) is 6.75. The summed E-state index contributed by atoms with van der Waals surface area (Å²) in [6.45, 7) is 0.944. The molecule has 0 unspecified atom stereocenters. The van der Waals surface area contributed by atoms with Gasteiger partial charge in [-0.2, -0.15) is 18.3 Å². The van der Waals surface area contributed by atoms with Crippen LogP contribution in [0.2, 0.25) is 5.02 Å². The fourth-order valence-corrected chi connectivity index (χ4v) is 4.62. The first-order chi connectivity index (χ1) is 18.7. The maximum absolute atomic E-state index is 13.1. The summed E-state index contributed by atoms with van der Waals surface area (Å²) in [4.78, 5) is 30.0. The lowest BCUT2D eigenvalue weighted by molar-refractivity contribution is -0.137. The number of carbonyl (C=O) groups excluding carboxylic acids is 1. The normalized spacial score (nSPS) is 14.1. The first-order valence-corrected chi connectivity index (χ1v) is 12.3. The zero-order valence-electron chi connectivity index (χ0n) is 20.7. The maximum atomic E-state index is 13.1. The summed E-state index contributed by atoms with van der Waals surface area (Å²) in [5, 5.41) is 4.31.